The molecule has 1 nitrogen and oxygen atoms in total. The highest BCUT2D eigenvalue weighted by molar-refractivity contribution is 8.02. The van der Waals surface area contributed by atoms with E-state index in [0.29, 0.717) is 4.87 Å². The van der Waals surface area contributed by atoms with Crippen LogP contribution >= 0.6 is 11.8 Å². The molecule has 0 aromatic carbocycles. The van der Waals surface area contributed by atoms with E-state index in [1.165, 1.54) is 57.8 Å². The van der Waals surface area contributed by atoms with Crippen LogP contribution in [0.4, 0.5) is 0 Å². The molecule has 2 saturated carbocycles. The quantitative estimate of drug-likeness (QED) is 0.591. The van der Waals surface area contributed by atoms with Crippen LogP contribution in [0.2, 0.25) is 0 Å². The summed E-state index contributed by atoms with van der Waals surface area (Å²) in [4.78, 5) is 5.44. The van der Waals surface area contributed by atoms with E-state index in [1.54, 1.807) is 5.71 Å². The van der Waals surface area contributed by atoms with Gasteiger partial charge in [-0.15, -0.1) is 11.8 Å². The van der Waals surface area contributed by atoms with Gasteiger partial charge in [0.15, 0.2) is 0 Å². The van der Waals surface area contributed by atoms with Gasteiger partial charge in [0.2, 0.25) is 0 Å². The monoisotopic (exact) mass is 209 g/mol. The lowest BCUT2D eigenvalue weighted by Crippen LogP contribution is -2.23. The van der Waals surface area contributed by atoms with E-state index in [2.05, 4.69) is 11.8 Å². The fourth-order valence-corrected chi connectivity index (χ4v) is 4.92. The molecule has 1 spiro atoms. The molecular formula is C12H19NS. The molecule has 2 fully saturated rings. The minimum absolute atomic E-state index is 0.364. The smallest absolute Gasteiger partial charge is 0.106 e. The van der Waals surface area contributed by atoms with Gasteiger partial charge in [-0.25, -0.2) is 0 Å². The van der Waals surface area contributed by atoms with Crippen molar-refractivity contribution < 1.29 is 0 Å². The predicted octanol–water partition coefficient (Wildman–Crippen LogP) is 3.78. The molecule has 0 bridgehead atoms. The van der Waals surface area contributed by atoms with Crippen LogP contribution in [-0.2, 0) is 0 Å². The molecule has 3 aliphatic rings. The molecule has 3 rings (SSSR count). The minimum Gasteiger partial charge on any atom is -0.275 e. The number of thioether (sulfide) groups is 1. The van der Waals surface area contributed by atoms with Crippen LogP contribution < -0.4 is 0 Å². The van der Waals surface area contributed by atoms with Crippen molar-refractivity contribution in [3.05, 3.63) is 0 Å². The molecule has 0 radical (unpaired) electrons. The maximum absolute atomic E-state index is 5.08. The number of fused-ring (bicyclic) bond motifs is 1. The van der Waals surface area contributed by atoms with Gasteiger partial charge in [-0.2, -0.15) is 0 Å². The number of hydrogen-bond acceptors (Lipinski definition) is 2. The molecule has 2 aliphatic carbocycles. The summed E-state index contributed by atoms with van der Waals surface area (Å²) >= 11 is 2.21. The second kappa shape index (κ2) is 3.55. The van der Waals surface area contributed by atoms with Crippen molar-refractivity contribution in [3.63, 3.8) is 0 Å². The van der Waals surface area contributed by atoms with E-state index < -0.39 is 0 Å². The van der Waals surface area contributed by atoms with Crippen molar-refractivity contribution in [2.75, 3.05) is 0 Å². The van der Waals surface area contributed by atoms with Gasteiger partial charge in [0.05, 0.1) is 0 Å². The predicted molar refractivity (Wildman–Crippen MR) is 63.1 cm³/mol. The Hall–Kier alpha value is 0.0200. The average molecular weight is 209 g/mol. The molecule has 0 aromatic heterocycles. The normalized spacial score (nSPS) is 35.4. The Labute approximate surface area is 90.8 Å². The van der Waals surface area contributed by atoms with E-state index in [-0.39, 0.29) is 0 Å². The maximum Gasteiger partial charge on any atom is 0.106 e. The molecule has 1 unspecified atom stereocenters. The van der Waals surface area contributed by atoms with Gasteiger partial charge in [0, 0.05) is 11.0 Å². The van der Waals surface area contributed by atoms with Crippen LogP contribution in [0.15, 0.2) is 4.99 Å². The molecule has 0 amide bonds. The first-order valence-corrected chi connectivity index (χ1v) is 7.02. The fraction of sp³-hybridized carbons (Fsp3) is 0.917. The highest BCUT2D eigenvalue weighted by atomic mass is 32.2. The van der Waals surface area contributed by atoms with Gasteiger partial charge >= 0.3 is 0 Å². The number of nitrogens with zero attached hydrogens (tertiary/aromatic N) is 1. The van der Waals surface area contributed by atoms with Gasteiger partial charge < -0.3 is 0 Å². The molecule has 78 valence electrons. The van der Waals surface area contributed by atoms with Gasteiger partial charge in [0.1, 0.15) is 4.87 Å². The Morgan fingerprint density at radius 1 is 1.07 bits per heavy atom. The van der Waals surface area contributed by atoms with Crippen LogP contribution in [0, 0.1) is 0 Å². The van der Waals surface area contributed by atoms with Crippen molar-refractivity contribution in [2.24, 2.45) is 4.99 Å². The van der Waals surface area contributed by atoms with E-state index in [0.717, 1.165) is 5.25 Å². The summed E-state index contributed by atoms with van der Waals surface area (Å²) in [5.74, 6) is 0. The van der Waals surface area contributed by atoms with Gasteiger partial charge in [-0.05, 0) is 32.1 Å². The van der Waals surface area contributed by atoms with Crippen LogP contribution in [0.5, 0.6) is 0 Å². The second-order valence-electron chi connectivity index (χ2n) is 4.96. The average Bonchev–Trinajstić information content (AvgIpc) is 2.56. The Morgan fingerprint density at radius 3 is 2.71 bits per heavy atom. The molecule has 1 aliphatic heterocycles. The first-order valence-electron chi connectivity index (χ1n) is 6.14. The largest absolute Gasteiger partial charge is 0.275 e. The van der Waals surface area contributed by atoms with E-state index in [1.807, 2.05) is 0 Å². The highest BCUT2D eigenvalue weighted by Crippen LogP contribution is 2.50. The first-order chi connectivity index (χ1) is 6.88. The molecule has 0 aromatic rings. The third-order valence-electron chi connectivity index (χ3n) is 3.86. The topological polar surface area (TPSA) is 12.4 Å². The van der Waals surface area contributed by atoms with Gasteiger partial charge in [-0.1, -0.05) is 25.7 Å². The maximum atomic E-state index is 5.08. The third kappa shape index (κ3) is 1.52. The zero-order valence-corrected chi connectivity index (χ0v) is 9.61. The summed E-state index contributed by atoms with van der Waals surface area (Å²) in [5, 5.41) is 0.821. The zero-order valence-electron chi connectivity index (χ0n) is 8.80. The number of aliphatic imine (C=N–C) groups is 1. The summed E-state index contributed by atoms with van der Waals surface area (Å²) in [6, 6.07) is 0. The van der Waals surface area contributed by atoms with Crippen molar-refractivity contribution in [2.45, 2.75) is 67.9 Å². The Morgan fingerprint density at radius 2 is 1.93 bits per heavy atom. The summed E-state index contributed by atoms with van der Waals surface area (Å²) in [6.07, 6.45) is 12.5. The van der Waals surface area contributed by atoms with Crippen LogP contribution in [0.25, 0.3) is 0 Å². The lowest BCUT2D eigenvalue weighted by molar-refractivity contribution is 0.412. The van der Waals surface area contributed by atoms with Gasteiger partial charge in [0.25, 0.3) is 0 Å². The molecule has 1 atom stereocenters. The van der Waals surface area contributed by atoms with Crippen LogP contribution in [-0.4, -0.2) is 15.8 Å². The van der Waals surface area contributed by atoms with Crippen molar-refractivity contribution >= 4 is 17.5 Å². The number of hydrogen-bond donors (Lipinski definition) is 0. The van der Waals surface area contributed by atoms with E-state index in [4.69, 9.17) is 4.99 Å². The fourth-order valence-electron chi connectivity index (χ4n) is 3.11. The molecule has 0 N–H and O–H groups in total. The van der Waals surface area contributed by atoms with E-state index >= 15 is 0 Å². The van der Waals surface area contributed by atoms with Crippen molar-refractivity contribution in [1.29, 1.82) is 0 Å². The van der Waals surface area contributed by atoms with Crippen molar-refractivity contribution in [1.82, 2.24) is 0 Å². The summed E-state index contributed by atoms with van der Waals surface area (Å²) in [7, 11) is 0. The van der Waals surface area contributed by atoms with Gasteiger partial charge in [-0.3, -0.25) is 4.99 Å². The Kier molecular flexibility index (Phi) is 2.35. The summed E-state index contributed by atoms with van der Waals surface area (Å²) in [6.45, 7) is 0. The SMILES string of the molecule is C1CCC2(CC1)N=C1CCCCC1S2. The summed E-state index contributed by atoms with van der Waals surface area (Å²) in [5.41, 5.74) is 1.57. The molecule has 2 heteroatoms. The lowest BCUT2D eigenvalue weighted by Gasteiger charge is -2.30. The van der Waals surface area contributed by atoms with Crippen LogP contribution in [0.1, 0.15) is 57.8 Å². The first kappa shape index (κ1) is 9.26. The number of rotatable bonds is 0. The molecule has 14 heavy (non-hydrogen) atoms. The molecule has 0 saturated heterocycles. The lowest BCUT2D eigenvalue weighted by atomic mass is 9.94. The highest BCUT2D eigenvalue weighted by Gasteiger charge is 2.42. The van der Waals surface area contributed by atoms with E-state index in [9.17, 15) is 0 Å². The standard InChI is InChI=1S/C12H19NS/c1-4-8-12(9-5-1)13-10-6-2-3-7-11(10)14-12/h11H,1-9H2. The molecular weight excluding hydrogens is 190 g/mol. The molecule has 1 heterocycles. The third-order valence-corrected chi connectivity index (χ3v) is 5.60. The second-order valence-corrected chi connectivity index (χ2v) is 6.53. The van der Waals surface area contributed by atoms with Crippen LogP contribution in [0.3, 0.4) is 0 Å². The Balaban J connectivity index is 1.80. The Bertz CT molecular complexity index is 253. The zero-order chi connectivity index (χ0) is 9.43. The minimum atomic E-state index is 0.364. The van der Waals surface area contributed by atoms with Crippen molar-refractivity contribution in [3.8, 4) is 0 Å². The summed E-state index contributed by atoms with van der Waals surface area (Å²) < 4.78 is 0.